The molecule has 0 amide bonds. The first-order valence-corrected chi connectivity index (χ1v) is 7.03. The number of hydrogen-bond acceptors (Lipinski definition) is 3. The Morgan fingerprint density at radius 3 is 2.94 bits per heavy atom. The first-order valence-electron chi connectivity index (χ1n) is 7.03. The molecule has 4 atom stereocenters. The van der Waals surface area contributed by atoms with Gasteiger partial charge in [-0.05, 0) is 37.5 Å². The summed E-state index contributed by atoms with van der Waals surface area (Å²) in [6.07, 6.45) is 8.16. The van der Waals surface area contributed by atoms with Crippen molar-refractivity contribution in [1.82, 2.24) is 9.55 Å². The number of carbonyl (C=O) groups excluding carboxylic acids is 1. The predicted molar refractivity (Wildman–Crippen MR) is 69.1 cm³/mol. The van der Waals surface area contributed by atoms with Gasteiger partial charge in [0.1, 0.15) is 0 Å². The van der Waals surface area contributed by atoms with E-state index in [0.717, 1.165) is 19.4 Å². The van der Waals surface area contributed by atoms with E-state index >= 15 is 0 Å². The van der Waals surface area contributed by atoms with E-state index in [1.165, 1.54) is 12.8 Å². The van der Waals surface area contributed by atoms with Gasteiger partial charge in [0, 0.05) is 30.9 Å². The molecule has 0 saturated heterocycles. The van der Waals surface area contributed by atoms with Crippen LogP contribution in [0.1, 0.15) is 43.2 Å². The number of aromatic nitrogens is 2. The highest BCUT2D eigenvalue weighted by molar-refractivity contribution is 5.95. The largest absolute Gasteiger partial charge is 0.329 e. The smallest absolute Gasteiger partial charge is 0.203 e. The molecule has 2 bridgehead atoms. The minimum absolute atomic E-state index is 0.0155. The molecule has 2 N–H and O–H groups in total. The zero-order valence-electron chi connectivity index (χ0n) is 10.9. The number of fused-ring (bicyclic) bond motifs is 2. The van der Waals surface area contributed by atoms with Gasteiger partial charge in [-0.25, -0.2) is 4.98 Å². The van der Waals surface area contributed by atoms with Gasteiger partial charge in [-0.15, -0.1) is 0 Å². The van der Waals surface area contributed by atoms with Crippen molar-refractivity contribution in [2.45, 2.75) is 45.2 Å². The highest BCUT2D eigenvalue weighted by atomic mass is 16.1. The van der Waals surface area contributed by atoms with E-state index in [0.29, 0.717) is 17.7 Å². The number of nitrogens with zero attached hydrogens (tertiary/aromatic N) is 2. The molecule has 0 aliphatic heterocycles. The lowest BCUT2D eigenvalue weighted by Gasteiger charge is -2.26. The zero-order chi connectivity index (χ0) is 12.7. The molecule has 3 rings (SSSR count). The summed E-state index contributed by atoms with van der Waals surface area (Å²) >= 11 is 0. The van der Waals surface area contributed by atoms with E-state index in [4.69, 9.17) is 5.73 Å². The van der Waals surface area contributed by atoms with Crippen LogP contribution in [0, 0.1) is 17.8 Å². The Morgan fingerprint density at radius 1 is 1.50 bits per heavy atom. The SMILES string of the molecule is CCCn1ccnc1C(=O)C1C2CCC(C2)C1N. The third-order valence-corrected chi connectivity index (χ3v) is 4.68. The Balaban J connectivity index is 1.84. The monoisotopic (exact) mass is 247 g/mol. The van der Waals surface area contributed by atoms with Gasteiger partial charge < -0.3 is 10.3 Å². The quantitative estimate of drug-likeness (QED) is 0.826. The maximum atomic E-state index is 12.6. The third kappa shape index (κ3) is 1.70. The Bertz CT molecular complexity index is 452. The Kier molecular flexibility index (Phi) is 2.98. The molecule has 18 heavy (non-hydrogen) atoms. The maximum Gasteiger partial charge on any atom is 0.203 e. The molecule has 98 valence electrons. The number of ketones is 1. The van der Waals surface area contributed by atoms with Crippen molar-refractivity contribution in [2.24, 2.45) is 23.5 Å². The molecule has 4 heteroatoms. The van der Waals surface area contributed by atoms with Crippen molar-refractivity contribution in [1.29, 1.82) is 0 Å². The molecular weight excluding hydrogens is 226 g/mol. The molecule has 4 unspecified atom stereocenters. The molecule has 2 aliphatic carbocycles. The van der Waals surface area contributed by atoms with Crippen LogP contribution in [0.25, 0.3) is 0 Å². The Hall–Kier alpha value is -1.16. The second-order valence-electron chi connectivity index (χ2n) is 5.74. The lowest BCUT2D eigenvalue weighted by atomic mass is 9.82. The van der Waals surface area contributed by atoms with Crippen LogP contribution in [0.2, 0.25) is 0 Å². The fourth-order valence-electron chi connectivity index (χ4n) is 3.83. The summed E-state index contributed by atoms with van der Waals surface area (Å²) in [4.78, 5) is 16.9. The molecular formula is C14H21N3O. The van der Waals surface area contributed by atoms with Crippen molar-refractivity contribution in [3.05, 3.63) is 18.2 Å². The van der Waals surface area contributed by atoms with Crippen molar-refractivity contribution < 1.29 is 4.79 Å². The molecule has 2 aliphatic rings. The molecule has 2 saturated carbocycles. The van der Waals surface area contributed by atoms with Gasteiger partial charge >= 0.3 is 0 Å². The minimum Gasteiger partial charge on any atom is -0.329 e. The van der Waals surface area contributed by atoms with Gasteiger partial charge in [0.15, 0.2) is 5.82 Å². The number of aryl methyl sites for hydroxylation is 1. The highest BCUT2D eigenvalue weighted by Gasteiger charge is 2.49. The van der Waals surface area contributed by atoms with Gasteiger partial charge in [0.25, 0.3) is 0 Å². The summed E-state index contributed by atoms with van der Waals surface area (Å²) in [5.41, 5.74) is 6.24. The highest BCUT2D eigenvalue weighted by Crippen LogP contribution is 2.48. The molecule has 1 aromatic heterocycles. The van der Waals surface area contributed by atoms with Crippen LogP contribution >= 0.6 is 0 Å². The molecule has 1 aromatic rings. The first-order chi connectivity index (χ1) is 8.72. The lowest BCUT2D eigenvalue weighted by molar-refractivity contribution is 0.0840. The number of rotatable bonds is 4. The second-order valence-corrected chi connectivity index (χ2v) is 5.74. The number of nitrogens with two attached hydrogens (primary N) is 1. The van der Waals surface area contributed by atoms with Crippen LogP contribution in [0.15, 0.2) is 12.4 Å². The van der Waals surface area contributed by atoms with Gasteiger partial charge in [-0.2, -0.15) is 0 Å². The molecule has 4 nitrogen and oxygen atoms in total. The lowest BCUT2D eigenvalue weighted by Crippen LogP contribution is -2.41. The standard InChI is InChI=1S/C14H21N3O/c1-2-6-17-7-5-16-14(17)13(18)11-9-3-4-10(8-9)12(11)15/h5,7,9-12H,2-4,6,8,15H2,1H3. The Labute approximate surface area is 108 Å². The molecule has 2 fully saturated rings. The van der Waals surface area contributed by atoms with Gasteiger partial charge in [-0.1, -0.05) is 6.92 Å². The third-order valence-electron chi connectivity index (χ3n) is 4.68. The van der Waals surface area contributed by atoms with Gasteiger partial charge in [-0.3, -0.25) is 4.79 Å². The molecule has 0 spiro atoms. The first kappa shape index (κ1) is 11.9. The minimum atomic E-state index is 0.0155. The van der Waals surface area contributed by atoms with E-state index in [1.54, 1.807) is 6.20 Å². The van der Waals surface area contributed by atoms with Crippen LogP contribution in [-0.2, 0) is 6.54 Å². The number of hydrogen-bond donors (Lipinski definition) is 1. The number of imidazole rings is 1. The summed E-state index contributed by atoms with van der Waals surface area (Å²) < 4.78 is 1.97. The van der Waals surface area contributed by atoms with Gasteiger partial charge in [0.05, 0.1) is 0 Å². The summed E-state index contributed by atoms with van der Waals surface area (Å²) in [6, 6.07) is 0.0584. The van der Waals surface area contributed by atoms with Crippen molar-refractivity contribution in [2.75, 3.05) is 0 Å². The van der Waals surface area contributed by atoms with Gasteiger partial charge in [0.2, 0.25) is 5.78 Å². The average molecular weight is 247 g/mol. The summed E-state index contributed by atoms with van der Waals surface area (Å²) in [5, 5.41) is 0. The van der Waals surface area contributed by atoms with E-state index in [-0.39, 0.29) is 17.7 Å². The molecule has 1 heterocycles. The van der Waals surface area contributed by atoms with Crippen LogP contribution in [0.4, 0.5) is 0 Å². The van der Waals surface area contributed by atoms with Crippen LogP contribution in [-0.4, -0.2) is 21.4 Å². The van der Waals surface area contributed by atoms with E-state index in [1.807, 2.05) is 10.8 Å². The summed E-state index contributed by atoms with van der Waals surface area (Å²) in [5.74, 6) is 1.88. The Morgan fingerprint density at radius 2 is 2.28 bits per heavy atom. The summed E-state index contributed by atoms with van der Waals surface area (Å²) in [7, 11) is 0. The van der Waals surface area contributed by atoms with Crippen LogP contribution in [0.5, 0.6) is 0 Å². The van der Waals surface area contributed by atoms with Crippen LogP contribution < -0.4 is 5.73 Å². The van der Waals surface area contributed by atoms with Crippen molar-refractivity contribution in [3.8, 4) is 0 Å². The van der Waals surface area contributed by atoms with Crippen molar-refractivity contribution >= 4 is 5.78 Å². The molecule has 0 radical (unpaired) electrons. The average Bonchev–Trinajstić information content (AvgIpc) is 3.03. The topological polar surface area (TPSA) is 60.9 Å². The van der Waals surface area contributed by atoms with E-state index < -0.39 is 0 Å². The fraction of sp³-hybridized carbons (Fsp3) is 0.714. The predicted octanol–water partition coefficient (Wildman–Crippen LogP) is 1.85. The second kappa shape index (κ2) is 4.50. The van der Waals surface area contributed by atoms with E-state index in [9.17, 15) is 4.79 Å². The summed E-state index contributed by atoms with van der Waals surface area (Å²) in [6.45, 7) is 2.97. The normalized spacial score (nSPS) is 34.1. The van der Waals surface area contributed by atoms with E-state index in [2.05, 4.69) is 11.9 Å². The molecule has 0 aromatic carbocycles. The number of carbonyl (C=O) groups is 1. The van der Waals surface area contributed by atoms with Crippen LogP contribution in [0.3, 0.4) is 0 Å². The zero-order valence-corrected chi connectivity index (χ0v) is 10.9. The number of Topliss-reactive ketones (excluding diaryl/α,β-unsaturated/α-hetero) is 1. The fourth-order valence-corrected chi connectivity index (χ4v) is 3.83. The maximum absolute atomic E-state index is 12.6. The van der Waals surface area contributed by atoms with Crippen molar-refractivity contribution in [3.63, 3.8) is 0 Å².